The zero-order valence-corrected chi connectivity index (χ0v) is 23.0. The van der Waals surface area contributed by atoms with Gasteiger partial charge in [0.1, 0.15) is 0 Å². The smallest absolute Gasteiger partial charge is 0.230 e. The van der Waals surface area contributed by atoms with Gasteiger partial charge in [0, 0.05) is 72.8 Å². The molecule has 1 unspecified atom stereocenters. The average molecular weight is 525 g/mol. The monoisotopic (exact) mass is 524 g/mol. The number of piperazine rings is 1. The number of aromatic nitrogens is 1. The summed E-state index contributed by atoms with van der Waals surface area (Å²) < 4.78 is 1.06. The maximum atomic E-state index is 12.2. The SMILES string of the molecule is Cc1cc(Cl)cc(-c2ccnc3cc(CN4C(=O)CCC4=O)sc23)c1CN1CCN(C(C)C)CC1C. The van der Waals surface area contributed by atoms with Crippen molar-refractivity contribution in [3.05, 3.63) is 51.5 Å². The van der Waals surface area contributed by atoms with E-state index in [4.69, 9.17) is 11.6 Å². The maximum absolute atomic E-state index is 12.2. The molecule has 2 aromatic heterocycles. The van der Waals surface area contributed by atoms with Crippen molar-refractivity contribution in [3.63, 3.8) is 0 Å². The molecule has 2 amide bonds. The normalized spacial score (nSPS) is 19.8. The molecule has 190 valence electrons. The van der Waals surface area contributed by atoms with E-state index >= 15 is 0 Å². The summed E-state index contributed by atoms with van der Waals surface area (Å²) in [4.78, 5) is 36.4. The molecule has 0 radical (unpaired) electrons. The summed E-state index contributed by atoms with van der Waals surface area (Å²) in [6.45, 7) is 13.4. The van der Waals surface area contributed by atoms with Crippen LogP contribution in [0.5, 0.6) is 0 Å². The number of amides is 2. The number of aryl methyl sites for hydroxylation is 1. The number of hydrogen-bond donors (Lipinski definition) is 0. The van der Waals surface area contributed by atoms with Gasteiger partial charge < -0.3 is 0 Å². The third-order valence-corrected chi connectivity index (χ3v) is 8.91. The lowest BCUT2D eigenvalue weighted by Gasteiger charge is -2.42. The number of carbonyl (C=O) groups excluding carboxylic acids is 2. The largest absolute Gasteiger partial charge is 0.298 e. The number of nitrogens with zero attached hydrogens (tertiary/aromatic N) is 4. The minimum atomic E-state index is -0.0925. The van der Waals surface area contributed by atoms with E-state index in [1.807, 2.05) is 12.3 Å². The fourth-order valence-corrected chi connectivity index (χ4v) is 6.79. The predicted octanol–water partition coefficient (Wildman–Crippen LogP) is 5.49. The quantitative estimate of drug-likeness (QED) is 0.399. The van der Waals surface area contributed by atoms with Crippen LogP contribution in [0.2, 0.25) is 5.02 Å². The van der Waals surface area contributed by atoms with Crippen molar-refractivity contribution < 1.29 is 9.59 Å². The van der Waals surface area contributed by atoms with E-state index in [0.717, 1.165) is 57.4 Å². The molecule has 0 saturated carbocycles. The van der Waals surface area contributed by atoms with Crippen LogP contribution in [-0.4, -0.2) is 63.2 Å². The van der Waals surface area contributed by atoms with E-state index in [0.29, 0.717) is 31.5 Å². The van der Waals surface area contributed by atoms with E-state index < -0.39 is 0 Å². The number of pyridine rings is 1. The van der Waals surface area contributed by atoms with Crippen molar-refractivity contribution in [1.82, 2.24) is 19.7 Å². The number of halogens is 1. The summed E-state index contributed by atoms with van der Waals surface area (Å²) in [7, 11) is 0. The summed E-state index contributed by atoms with van der Waals surface area (Å²) in [5.74, 6) is -0.185. The number of rotatable bonds is 6. The number of carbonyl (C=O) groups is 2. The molecule has 8 heteroatoms. The van der Waals surface area contributed by atoms with Crippen LogP contribution in [0, 0.1) is 6.92 Å². The molecule has 2 aliphatic heterocycles. The van der Waals surface area contributed by atoms with Gasteiger partial charge in [0.2, 0.25) is 11.8 Å². The van der Waals surface area contributed by atoms with Gasteiger partial charge in [-0.15, -0.1) is 11.3 Å². The Kier molecular flexibility index (Phi) is 7.18. The average Bonchev–Trinajstić information content (AvgIpc) is 3.39. The fraction of sp³-hybridized carbons (Fsp3) is 0.464. The van der Waals surface area contributed by atoms with Crippen molar-refractivity contribution in [3.8, 4) is 11.1 Å². The van der Waals surface area contributed by atoms with Crippen molar-refractivity contribution in [2.24, 2.45) is 0 Å². The second-order valence-corrected chi connectivity index (χ2v) is 11.9. The Morgan fingerprint density at radius 3 is 2.53 bits per heavy atom. The molecule has 0 aliphatic carbocycles. The number of fused-ring (bicyclic) bond motifs is 1. The highest BCUT2D eigenvalue weighted by Gasteiger charge is 2.30. The first kappa shape index (κ1) is 25.3. The molecule has 2 aliphatic rings. The molecule has 5 rings (SSSR count). The number of thiophene rings is 1. The molecule has 36 heavy (non-hydrogen) atoms. The second kappa shape index (κ2) is 10.2. The summed E-state index contributed by atoms with van der Waals surface area (Å²) in [5.41, 5.74) is 5.59. The fourth-order valence-electron chi connectivity index (χ4n) is 5.39. The Balaban J connectivity index is 1.50. The minimum Gasteiger partial charge on any atom is -0.298 e. The number of hydrogen-bond acceptors (Lipinski definition) is 6. The van der Waals surface area contributed by atoms with Crippen molar-refractivity contribution in [2.75, 3.05) is 19.6 Å². The molecular weight excluding hydrogens is 492 g/mol. The standard InChI is InChI=1S/C28H33ClN4O2S/c1-17(2)31-9-10-32(19(4)14-31)16-24-18(3)11-20(29)12-23(24)22-7-8-30-25-13-21(36-28(22)25)15-33-26(34)5-6-27(33)35/h7-8,11-13,17,19H,5-6,9-10,14-16H2,1-4H3. The van der Waals surface area contributed by atoms with Crippen LogP contribution in [-0.2, 0) is 22.7 Å². The van der Waals surface area contributed by atoms with Gasteiger partial charge in [-0.1, -0.05) is 11.6 Å². The first-order chi connectivity index (χ1) is 17.2. The van der Waals surface area contributed by atoms with Gasteiger partial charge >= 0.3 is 0 Å². The highest BCUT2D eigenvalue weighted by molar-refractivity contribution is 7.19. The number of likely N-dealkylation sites (tertiary alicyclic amines) is 1. The van der Waals surface area contributed by atoms with Gasteiger partial charge in [-0.05, 0) is 68.7 Å². The molecule has 4 heterocycles. The van der Waals surface area contributed by atoms with Crippen LogP contribution < -0.4 is 0 Å². The first-order valence-corrected chi connectivity index (χ1v) is 13.9. The molecule has 0 spiro atoms. The van der Waals surface area contributed by atoms with Gasteiger partial charge in [-0.3, -0.25) is 29.3 Å². The third-order valence-electron chi connectivity index (χ3n) is 7.55. The van der Waals surface area contributed by atoms with Crippen LogP contribution in [0.3, 0.4) is 0 Å². The van der Waals surface area contributed by atoms with Crippen LogP contribution in [0.15, 0.2) is 30.5 Å². The van der Waals surface area contributed by atoms with Crippen LogP contribution in [0.4, 0.5) is 0 Å². The van der Waals surface area contributed by atoms with Gasteiger partial charge in [0.15, 0.2) is 0 Å². The Morgan fingerprint density at radius 2 is 1.83 bits per heavy atom. The van der Waals surface area contributed by atoms with E-state index in [9.17, 15) is 9.59 Å². The molecule has 2 fully saturated rings. The highest BCUT2D eigenvalue weighted by atomic mass is 35.5. The summed E-state index contributed by atoms with van der Waals surface area (Å²) in [6.07, 6.45) is 2.45. The molecule has 0 N–H and O–H groups in total. The summed E-state index contributed by atoms with van der Waals surface area (Å²) in [6, 6.07) is 9.21. The Hall–Kier alpha value is -2.32. The lowest BCUT2D eigenvalue weighted by Crippen LogP contribution is -2.53. The molecule has 1 atom stereocenters. The van der Waals surface area contributed by atoms with Gasteiger partial charge in [0.05, 0.1) is 16.8 Å². The van der Waals surface area contributed by atoms with Gasteiger partial charge in [-0.25, -0.2) is 0 Å². The van der Waals surface area contributed by atoms with Crippen LogP contribution in [0.25, 0.3) is 21.3 Å². The van der Waals surface area contributed by atoms with E-state index in [1.165, 1.54) is 16.0 Å². The Labute approximate surface area is 221 Å². The molecule has 3 aromatic rings. The highest BCUT2D eigenvalue weighted by Crippen LogP contribution is 2.39. The number of imide groups is 1. The molecule has 0 bridgehead atoms. The number of benzene rings is 1. The third kappa shape index (κ3) is 4.94. The lowest BCUT2D eigenvalue weighted by atomic mass is 9.95. The zero-order valence-electron chi connectivity index (χ0n) is 21.4. The molecule has 1 aromatic carbocycles. The van der Waals surface area contributed by atoms with Crippen LogP contribution >= 0.6 is 22.9 Å². The van der Waals surface area contributed by atoms with Gasteiger partial charge in [-0.2, -0.15) is 0 Å². The second-order valence-electron chi connectivity index (χ2n) is 10.3. The Morgan fingerprint density at radius 1 is 1.08 bits per heavy atom. The van der Waals surface area contributed by atoms with Crippen molar-refractivity contribution >= 4 is 45.0 Å². The summed E-state index contributed by atoms with van der Waals surface area (Å²) >= 11 is 8.19. The van der Waals surface area contributed by atoms with E-state index in [1.54, 1.807) is 11.3 Å². The minimum absolute atomic E-state index is 0.0925. The lowest BCUT2D eigenvalue weighted by molar-refractivity contribution is -0.138. The molecule has 6 nitrogen and oxygen atoms in total. The van der Waals surface area contributed by atoms with E-state index in [-0.39, 0.29) is 11.8 Å². The van der Waals surface area contributed by atoms with Gasteiger partial charge in [0.25, 0.3) is 0 Å². The molecular formula is C28H33ClN4O2S. The van der Waals surface area contributed by atoms with Crippen LogP contribution in [0.1, 0.15) is 49.6 Å². The topological polar surface area (TPSA) is 56.8 Å². The first-order valence-electron chi connectivity index (χ1n) is 12.7. The predicted molar refractivity (Wildman–Crippen MR) is 146 cm³/mol. The van der Waals surface area contributed by atoms with Crippen molar-refractivity contribution in [1.29, 1.82) is 0 Å². The van der Waals surface area contributed by atoms with E-state index in [2.05, 4.69) is 60.7 Å². The summed E-state index contributed by atoms with van der Waals surface area (Å²) in [5, 5.41) is 0.721. The van der Waals surface area contributed by atoms with Crippen molar-refractivity contribution in [2.45, 2.75) is 65.7 Å². The molecule has 2 saturated heterocycles. The Bertz CT molecular complexity index is 1300. The zero-order chi connectivity index (χ0) is 25.6. The maximum Gasteiger partial charge on any atom is 0.230 e.